The number of hydrogen-bond donors (Lipinski definition) is 4. The van der Waals surface area contributed by atoms with E-state index in [2.05, 4.69) is 25.9 Å². The monoisotopic (exact) mass is 611 g/mol. The number of alkyl halides is 3. The van der Waals surface area contributed by atoms with E-state index in [-0.39, 0.29) is 34.6 Å². The van der Waals surface area contributed by atoms with Gasteiger partial charge in [-0.05, 0) is 48.9 Å². The molecule has 1 aliphatic rings. The molecule has 2 heterocycles. The first-order valence-corrected chi connectivity index (χ1v) is 14.5. The number of benzene rings is 2. The summed E-state index contributed by atoms with van der Waals surface area (Å²) >= 11 is 6.36. The van der Waals surface area contributed by atoms with E-state index in [0.29, 0.717) is 41.4 Å². The van der Waals surface area contributed by atoms with E-state index >= 15 is 0 Å². The Balaban J connectivity index is 1.50. The van der Waals surface area contributed by atoms with Crippen molar-refractivity contribution in [2.45, 2.75) is 12.6 Å². The van der Waals surface area contributed by atoms with Crippen LogP contribution >= 0.6 is 11.6 Å². The van der Waals surface area contributed by atoms with Gasteiger partial charge in [-0.15, -0.1) is 0 Å². The van der Waals surface area contributed by atoms with Crippen LogP contribution in [0.25, 0.3) is 6.08 Å². The lowest BCUT2D eigenvalue weighted by molar-refractivity contribution is -0.137. The summed E-state index contributed by atoms with van der Waals surface area (Å²) in [6.45, 7) is -0.210. The number of aliphatic hydroxyl groups excluding tert-OH is 1. The van der Waals surface area contributed by atoms with Crippen LogP contribution in [0.4, 0.5) is 30.5 Å². The molecule has 218 valence electrons. The van der Waals surface area contributed by atoms with Gasteiger partial charge in [-0.25, -0.2) is 18.4 Å². The predicted octanol–water partition coefficient (Wildman–Crippen LogP) is 4.41. The first kappa shape index (κ1) is 30.1. The number of aliphatic hydroxyl groups is 1. The van der Waals surface area contributed by atoms with E-state index < -0.39 is 34.1 Å². The smallest absolute Gasteiger partial charge is 0.416 e. The number of hydrogen-bond acceptors (Lipinski definition) is 9. The highest BCUT2D eigenvalue weighted by molar-refractivity contribution is 7.91. The van der Waals surface area contributed by atoms with Crippen molar-refractivity contribution in [3.05, 3.63) is 70.5 Å². The summed E-state index contributed by atoms with van der Waals surface area (Å²) < 4.78 is 68.2. The maximum Gasteiger partial charge on any atom is 0.416 e. The fraction of sp³-hybridized carbons (Fsp3) is 0.269. The normalized spacial score (nSPS) is 13.3. The van der Waals surface area contributed by atoms with Crippen LogP contribution in [0.15, 0.2) is 54.4 Å². The molecule has 15 heteroatoms. The van der Waals surface area contributed by atoms with Crippen molar-refractivity contribution >= 4 is 50.7 Å². The van der Waals surface area contributed by atoms with Gasteiger partial charge in [0.25, 0.3) is 0 Å². The van der Waals surface area contributed by atoms with Gasteiger partial charge in [0.2, 0.25) is 5.91 Å². The lowest BCUT2D eigenvalue weighted by Crippen LogP contribution is -2.31. The number of sulfone groups is 1. The highest BCUT2D eigenvalue weighted by atomic mass is 35.5. The number of nitrogens with one attached hydrogen (secondary N) is 3. The highest BCUT2D eigenvalue weighted by Gasteiger charge is 2.30. The Kier molecular flexibility index (Phi) is 9.35. The summed E-state index contributed by atoms with van der Waals surface area (Å²) in [5.74, 6) is -0.221. The minimum atomic E-state index is -4.52. The second-order valence-corrected chi connectivity index (χ2v) is 11.6. The van der Waals surface area contributed by atoms with E-state index in [0.717, 1.165) is 12.1 Å². The van der Waals surface area contributed by atoms with Gasteiger partial charge in [-0.1, -0.05) is 17.7 Å². The molecular weight excluding hydrogens is 587 g/mol. The molecule has 0 spiro atoms. The molecule has 10 nitrogen and oxygen atoms in total. The standard InChI is InChI=1S/C26H25ClF3N5O5S/c27-21-14-18(4-5-22(21)40-19-3-1-2-17(13-19)26(28,29)30)35-24-20-12-16(6-7-31-23(20)33-15-34-24)25(37)32-8-10-41(38,39)11-9-36/h1-5,12-15,36H,6-11H2,(H,32,37)(H2,31,33,34,35). The third-order valence-electron chi connectivity index (χ3n) is 5.87. The van der Waals surface area contributed by atoms with Gasteiger partial charge in [0.1, 0.15) is 29.5 Å². The molecule has 2 aromatic carbocycles. The number of rotatable bonds is 10. The van der Waals surface area contributed by atoms with Crippen molar-refractivity contribution in [1.82, 2.24) is 15.3 Å². The zero-order chi connectivity index (χ0) is 29.6. The van der Waals surface area contributed by atoms with Gasteiger partial charge in [-0.3, -0.25) is 4.79 Å². The second kappa shape index (κ2) is 12.7. The van der Waals surface area contributed by atoms with Crippen molar-refractivity contribution < 1.29 is 36.2 Å². The largest absolute Gasteiger partial charge is 0.456 e. The van der Waals surface area contributed by atoms with Gasteiger partial charge in [0.05, 0.1) is 34.3 Å². The van der Waals surface area contributed by atoms with Crippen molar-refractivity contribution in [2.24, 2.45) is 0 Å². The van der Waals surface area contributed by atoms with Crippen molar-refractivity contribution in [3.63, 3.8) is 0 Å². The molecule has 0 bridgehead atoms. The Hall–Kier alpha value is -3.88. The molecular formula is C26H25ClF3N5O5S. The zero-order valence-electron chi connectivity index (χ0n) is 21.3. The molecule has 3 aromatic rings. The summed E-state index contributed by atoms with van der Waals surface area (Å²) in [6.07, 6.45) is -1.26. The molecule has 0 saturated carbocycles. The number of nitrogens with zero attached hydrogens (tertiary/aromatic N) is 2. The molecule has 4 N–H and O–H groups in total. The minimum absolute atomic E-state index is 0.0310. The Morgan fingerprint density at radius 2 is 1.95 bits per heavy atom. The molecule has 0 saturated heterocycles. The molecule has 4 rings (SSSR count). The minimum Gasteiger partial charge on any atom is -0.456 e. The summed E-state index contributed by atoms with van der Waals surface area (Å²) in [5.41, 5.74) is 0.473. The van der Waals surface area contributed by atoms with E-state index in [1.165, 1.54) is 30.6 Å². The number of anilines is 3. The number of ether oxygens (including phenoxy) is 1. The summed E-state index contributed by atoms with van der Waals surface area (Å²) in [5, 5.41) is 17.8. The number of carbonyl (C=O) groups is 1. The van der Waals surface area contributed by atoms with Gasteiger partial charge in [0, 0.05) is 24.4 Å². The third kappa shape index (κ3) is 8.08. The van der Waals surface area contributed by atoms with Crippen LogP contribution < -0.4 is 20.7 Å². The molecule has 1 amide bonds. The van der Waals surface area contributed by atoms with Crippen LogP contribution in [0.1, 0.15) is 17.5 Å². The third-order valence-corrected chi connectivity index (χ3v) is 7.79. The van der Waals surface area contributed by atoms with Gasteiger partial charge >= 0.3 is 6.18 Å². The van der Waals surface area contributed by atoms with E-state index in [1.807, 2.05) is 0 Å². The zero-order valence-corrected chi connectivity index (χ0v) is 22.9. The van der Waals surface area contributed by atoms with E-state index in [1.54, 1.807) is 12.1 Å². The number of carbonyl (C=O) groups excluding carboxylic acids is 1. The maximum absolute atomic E-state index is 13.0. The maximum atomic E-state index is 13.0. The number of fused-ring (bicyclic) bond motifs is 1. The molecule has 0 unspecified atom stereocenters. The SMILES string of the molecule is O=C(NCCS(=O)(=O)CCO)C1=Cc2c(ncnc2Nc2ccc(Oc3cccc(C(F)(F)F)c3)c(Cl)c2)NCC1. The van der Waals surface area contributed by atoms with Gasteiger partial charge in [0.15, 0.2) is 9.84 Å². The van der Waals surface area contributed by atoms with Crippen LogP contribution in [0.5, 0.6) is 11.5 Å². The Bertz CT molecular complexity index is 1570. The lowest BCUT2D eigenvalue weighted by Gasteiger charge is -2.14. The summed E-state index contributed by atoms with van der Waals surface area (Å²) in [4.78, 5) is 21.3. The Morgan fingerprint density at radius 1 is 1.15 bits per heavy atom. The number of halogens is 4. The average Bonchev–Trinajstić information content (AvgIpc) is 3.13. The highest BCUT2D eigenvalue weighted by Crippen LogP contribution is 2.36. The molecule has 0 atom stereocenters. The van der Waals surface area contributed by atoms with Crippen molar-refractivity contribution in [1.29, 1.82) is 0 Å². The van der Waals surface area contributed by atoms with Crippen LogP contribution in [-0.2, 0) is 20.8 Å². The van der Waals surface area contributed by atoms with Crippen LogP contribution in [0.3, 0.4) is 0 Å². The fourth-order valence-electron chi connectivity index (χ4n) is 3.85. The Labute approximate surface area is 238 Å². The van der Waals surface area contributed by atoms with Crippen molar-refractivity contribution in [3.8, 4) is 11.5 Å². The molecule has 1 aromatic heterocycles. The van der Waals surface area contributed by atoms with Gasteiger partial charge in [-0.2, -0.15) is 13.2 Å². The van der Waals surface area contributed by atoms with E-state index in [9.17, 15) is 26.4 Å². The summed E-state index contributed by atoms with van der Waals surface area (Å²) in [7, 11) is -3.48. The number of amides is 1. The average molecular weight is 612 g/mol. The molecule has 0 aliphatic carbocycles. The quantitative estimate of drug-likeness (QED) is 0.262. The first-order valence-electron chi connectivity index (χ1n) is 12.3. The summed E-state index contributed by atoms with van der Waals surface area (Å²) in [6, 6.07) is 9.02. The van der Waals surface area contributed by atoms with Crippen molar-refractivity contribution in [2.75, 3.05) is 41.8 Å². The predicted molar refractivity (Wildman–Crippen MR) is 148 cm³/mol. The molecule has 0 fully saturated rings. The first-order chi connectivity index (χ1) is 19.4. The topological polar surface area (TPSA) is 143 Å². The molecule has 0 radical (unpaired) electrons. The molecule has 41 heavy (non-hydrogen) atoms. The van der Waals surface area contributed by atoms with Crippen LogP contribution in [-0.4, -0.2) is 60.6 Å². The molecule has 1 aliphatic heterocycles. The fourth-order valence-corrected chi connectivity index (χ4v) is 4.96. The Morgan fingerprint density at radius 3 is 2.68 bits per heavy atom. The second-order valence-electron chi connectivity index (χ2n) is 8.86. The van der Waals surface area contributed by atoms with E-state index in [4.69, 9.17) is 21.4 Å². The number of aromatic nitrogens is 2. The van der Waals surface area contributed by atoms with Gasteiger partial charge < -0.3 is 25.8 Å². The lowest BCUT2D eigenvalue weighted by atomic mass is 10.1. The van der Waals surface area contributed by atoms with Crippen LogP contribution in [0.2, 0.25) is 5.02 Å². The van der Waals surface area contributed by atoms with Crippen LogP contribution in [0, 0.1) is 0 Å².